The minimum absolute atomic E-state index is 0.0458. The Morgan fingerprint density at radius 3 is 3.06 bits per heavy atom. The average Bonchev–Trinajstić information content (AvgIpc) is 2.76. The second-order valence-corrected chi connectivity index (χ2v) is 5.09. The minimum Gasteiger partial charge on any atom is -0.392 e. The first kappa shape index (κ1) is 12.8. The Kier molecular flexibility index (Phi) is 4.36. The first-order valence-electron chi connectivity index (χ1n) is 6.63. The molecule has 98 valence electrons. The topological polar surface area (TPSA) is 64.6 Å². The van der Waals surface area contributed by atoms with E-state index in [9.17, 15) is 9.90 Å². The van der Waals surface area contributed by atoms with E-state index in [0.29, 0.717) is 13.0 Å². The largest absolute Gasteiger partial charge is 0.392 e. The molecule has 0 bridgehead atoms. The van der Waals surface area contributed by atoms with Gasteiger partial charge in [-0.3, -0.25) is 4.79 Å². The molecule has 0 unspecified atom stereocenters. The van der Waals surface area contributed by atoms with Crippen LogP contribution in [-0.2, 0) is 4.79 Å². The molecule has 2 fully saturated rings. The fraction of sp³-hybridized carbons (Fsp3) is 0.917. The Labute approximate surface area is 103 Å². The SMILES string of the molecule is CCN1CCC[C@H](NC(=O)[C@H]2C[C@H](O)CN2)C1. The van der Waals surface area contributed by atoms with E-state index in [-0.39, 0.29) is 24.1 Å². The van der Waals surface area contributed by atoms with Gasteiger partial charge in [-0.2, -0.15) is 0 Å². The van der Waals surface area contributed by atoms with Crippen molar-refractivity contribution in [2.24, 2.45) is 0 Å². The highest BCUT2D eigenvalue weighted by Gasteiger charge is 2.30. The van der Waals surface area contributed by atoms with E-state index in [1.54, 1.807) is 0 Å². The molecule has 1 amide bonds. The van der Waals surface area contributed by atoms with Crippen LogP contribution in [0.2, 0.25) is 0 Å². The van der Waals surface area contributed by atoms with Gasteiger partial charge in [-0.25, -0.2) is 0 Å². The number of amides is 1. The third kappa shape index (κ3) is 3.40. The van der Waals surface area contributed by atoms with Crippen molar-refractivity contribution < 1.29 is 9.90 Å². The number of piperidine rings is 1. The zero-order valence-corrected chi connectivity index (χ0v) is 10.5. The molecule has 3 atom stereocenters. The molecule has 3 N–H and O–H groups in total. The molecule has 5 nitrogen and oxygen atoms in total. The highest BCUT2D eigenvalue weighted by molar-refractivity contribution is 5.82. The molecule has 5 heteroatoms. The van der Waals surface area contributed by atoms with Crippen molar-refractivity contribution in [2.75, 3.05) is 26.2 Å². The van der Waals surface area contributed by atoms with Crippen molar-refractivity contribution in [3.05, 3.63) is 0 Å². The molecule has 0 aliphatic carbocycles. The van der Waals surface area contributed by atoms with Gasteiger partial charge < -0.3 is 20.6 Å². The van der Waals surface area contributed by atoms with E-state index in [1.165, 1.54) is 0 Å². The number of likely N-dealkylation sites (N-methyl/N-ethyl adjacent to an activating group) is 1. The number of carbonyl (C=O) groups is 1. The first-order valence-corrected chi connectivity index (χ1v) is 6.63. The second kappa shape index (κ2) is 5.80. The Hall–Kier alpha value is -0.650. The van der Waals surface area contributed by atoms with Gasteiger partial charge in [0, 0.05) is 19.1 Å². The van der Waals surface area contributed by atoms with Crippen molar-refractivity contribution in [1.29, 1.82) is 0 Å². The molecular weight excluding hydrogens is 218 g/mol. The number of hydrogen-bond acceptors (Lipinski definition) is 4. The standard InChI is InChI=1S/C12H23N3O2/c1-2-15-5-3-4-9(8-15)14-12(17)11-6-10(16)7-13-11/h9-11,13,16H,2-8H2,1H3,(H,14,17)/t9-,10-,11+/m0/s1. The highest BCUT2D eigenvalue weighted by atomic mass is 16.3. The molecule has 17 heavy (non-hydrogen) atoms. The van der Waals surface area contributed by atoms with E-state index in [0.717, 1.165) is 32.5 Å². The van der Waals surface area contributed by atoms with Gasteiger partial charge in [-0.15, -0.1) is 0 Å². The summed E-state index contributed by atoms with van der Waals surface area (Å²) in [6.07, 6.45) is 2.39. The Bertz CT molecular complexity index is 272. The van der Waals surface area contributed by atoms with E-state index >= 15 is 0 Å². The van der Waals surface area contributed by atoms with Crippen molar-refractivity contribution in [3.8, 4) is 0 Å². The van der Waals surface area contributed by atoms with Crippen LogP contribution in [0.3, 0.4) is 0 Å². The number of carbonyl (C=O) groups excluding carboxylic acids is 1. The monoisotopic (exact) mass is 241 g/mol. The van der Waals surface area contributed by atoms with Crippen LogP contribution in [0.25, 0.3) is 0 Å². The number of aliphatic hydroxyl groups is 1. The predicted molar refractivity (Wildman–Crippen MR) is 65.7 cm³/mol. The molecule has 0 spiro atoms. The van der Waals surface area contributed by atoms with Crippen LogP contribution in [0, 0.1) is 0 Å². The fourth-order valence-electron chi connectivity index (χ4n) is 2.68. The van der Waals surface area contributed by atoms with E-state index in [4.69, 9.17) is 0 Å². The summed E-state index contributed by atoms with van der Waals surface area (Å²) in [5, 5.41) is 15.5. The van der Waals surface area contributed by atoms with Crippen LogP contribution in [-0.4, -0.2) is 60.3 Å². The van der Waals surface area contributed by atoms with Gasteiger partial charge in [0.05, 0.1) is 12.1 Å². The second-order valence-electron chi connectivity index (χ2n) is 5.09. The third-order valence-corrected chi connectivity index (χ3v) is 3.72. The number of nitrogens with one attached hydrogen (secondary N) is 2. The summed E-state index contributed by atoms with van der Waals surface area (Å²) in [5.41, 5.74) is 0. The minimum atomic E-state index is -0.371. The van der Waals surface area contributed by atoms with Crippen LogP contribution in [0.1, 0.15) is 26.2 Å². The van der Waals surface area contributed by atoms with Gasteiger partial charge in [0.2, 0.25) is 5.91 Å². The summed E-state index contributed by atoms with van der Waals surface area (Å²) in [4.78, 5) is 14.3. The van der Waals surface area contributed by atoms with Crippen molar-refractivity contribution in [1.82, 2.24) is 15.5 Å². The molecule has 0 saturated carbocycles. The van der Waals surface area contributed by atoms with Gasteiger partial charge in [0.25, 0.3) is 0 Å². The van der Waals surface area contributed by atoms with Gasteiger partial charge in [0.1, 0.15) is 0 Å². The molecule has 0 aromatic carbocycles. The van der Waals surface area contributed by atoms with Gasteiger partial charge in [-0.05, 0) is 32.4 Å². The third-order valence-electron chi connectivity index (χ3n) is 3.72. The lowest BCUT2D eigenvalue weighted by molar-refractivity contribution is -0.124. The van der Waals surface area contributed by atoms with Gasteiger partial charge in [0.15, 0.2) is 0 Å². The normalized spacial score (nSPS) is 34.8. The quantitative estimate of drug-likeness (QED) is 0.612. The van der Waals surface area contributed by atoms with E-state index in [2.05, 4.69) is 22.5 Å². The molecule has 0 radical (unpaired) electrons. The van der Waals surface area contributed by atoms with Crippen LogP contribution in [0.15, 0.2) is 0 Å². The first-order chi connectivity index (χ1) is 8.19. The highest BCUT2D eigenvalue weighted by Crippen LogP contribution is 2.11. The molecule has 2 aliphatic rings. The summed E-state index contributed by atoms with van der Waals surface area (Å²) in [5.74, 6) is 0.0458. The maximum Gasteiger partial charge on any atom is 0.237 e. The fourth-order valence-corrected chi connectivity index (χ4v) is 2.68. The lowest BCUT2D eigenvalue weighted by atomic mass is 10.0. The average molecular weight is 241 g/mol. The van der Waals surface area contributed by atoms with E-state index < -0.39 is 0 Å². The molecule has 2 saturated heterocycles. The van der Waals surface area contributed by atoms with Gasteiger partial charge >= 0.3 is 0 Å². The zero-order chi connectivity index (χ0) is 12.3. The van der Waals surface area contributed by atoms with Gasteiger partial charge in [-0.1, -0.05) is 6.92 Å². The summed E-state index contributed by atoms with van der Waals surface area (Å²) < 4.78 is 0. The number of aliphatic hydroxyl groups excluding tert-OH is 1. The number of nitrogens with zero attached hydrogens (tertiary/aromatic N) is 1. The van der Waals surface area contributed by atoms with Crippen molar-refractivity contribution in [3.63, 3.8) is 0 Å². The molecule has 2 rings (SSSR count). The molecule has 0 aromatic heterocycles. The van der Waals surface area contributed by atoms with Crippen molar-refractivity contribution >= 4 is 5.91 Å². The van der Waals surface area contributed by atoms with Crippen LogP contribution in [0.5, 0.6) is 0 Å². The maximum absolute atomic E-state index is 12.0. The number of likely N-dealkylation sites (tertiary alicyclic amines) is 1. The lowest BCUT2D eigenvalue weighted by Crippen LogP contribution is -2.51. The molecular formula is C12H23N3O2. The van der Waals surface area contributed by atoms with Crippen LogP contribution in [0.4, 0.5) is 0 Å². The number of β-amino-alcohol motifs (C(OH)–C–C–N with tert-alkyl or cyclic N) is 1. The van der Waals surface area contributed by atoms with Crippen molar-refractivity contribution in [2.45, 2.75) is 44.4 Å². The summed E-state index contributed by atoms with van der Waals surface area (Å²) in [7, 11) is 0. The Morgan fingerprint density at radius 1 is 1.59 bits per heavy atom. The smallest absolute Gasteiger partial charge is 0.237 e. The molecule has 2 heterocycles. The lowest BCUT2D eigenvalue weighted by Gasteiger charge is -2.32. The zero-order valence-electron chi connectivity index (χ0n) is 10.5. The Balaban J connectivity index is 1.78. The summed E-state index contributed by atoms with van der Waals surface area (Å²) >= 11 is 0. The van der Waals surface area contributed by atoms with Crippen LogP contribution >= 0.6 is 0 Å². The number of hydrogen-bond donors (Lipinski definition) is 3. The molecule has 0 aromatic rings. The maximum atomic E-state index is 12.0. The summed E-state index contributed by atoms with van der Waals surface area (Å²) in [6, 6.07) is 0.0674. The van der Waals surface area contributed by atoms with E-state index in [1.807, 2.05) is 0 Å². The summed E-state index contributed by atoms with van der Waals surface area (Å²) in [6.45, 7) is 5.83. The molecule has 2 aliphatic heterocycles. The Morgan fingerprint density at radius 2 is 2.41 bits per heavy atom. The predicted octanol–water partition coefficient (Wildman–Crippen LogP) is -0.690. The van der Waals surface area contributed by atoms with Crippen LogP contribution < -0.4 is 10.6 Å². The number of rotatable bonds is 3.